The van der Waals surface area contributed by atoms with Crippen molar-refractivity contribution in [3.8, 4) is 5.75 Å². The smallest absolute Gasteiger partial charge is 0.279 e. The van der Waals surface area contributed by atoms with Gasteiger partial charge in [-0.3, -0.25) is 25.2 Å². The molecule has 0 aliphatic rings. The van der Waals surface area contributed by atoms with E-state index in [4.69, 9.17) is 4.74 Å². The van der Waals surface area contributed by atoms with Crippen LogP contribution in [0.1, 0.15) is 49.0 Å². The highest BCUT2D eigenvalue weighted by Crippen LogP contribution is 2.14. The molecule has 0 radical (unpaired) electrons. The molecule has 0 heterocycles. The van der Waals surface area contributed by atoms with Gasteiger partial charge in [-0.25, -0.2) is 0 Å². The Kier molecular flexibility index (Phi) is 8.21. The summed E-state index contributed by atoms with van der Waals surface area (Å²) in [6.45, 7) is 5.55. The molecule has 29 heavy (non-hydrogen) atoms. The van der Waals surface area contributed by atoms with Crippen LogP contribution in [0.4, 0.5) is 5.69 Å². The summed E-state index contributed by atoms with van der Waals surface area (Å²) in [7, 11) is 0. The first kappa shape index (κ1) is 21.9. The summed E-state index contributed by atoms with van der Waals surface area (Å²) in [4.78, 5) is 36.1. The van der Waals surface area contributed by atoms with E-state index in [1.807, 2.05) is 32.0 Å². The van der Waals surface area contributed by atoms with Gasteiger partial charge < -0.3 is 10.1 Å². The fourth-order valence-electron chi connectivity index (χ4n) is 2.50. The van der Waals surface area contributed by atoms with Gasteiger partial charge in [0.05, 0.1) is 0 Å². The highest BCUT2D eigenvalue weighted by atomic mass is 16.5. The van der Waals surface area contributed by atoms with Gasteiger partial charge in [0, 0.05) is 17.7 Å². The van der Waals surface area contributed by atoms with Crippen LogP contribution >= 0.6 is 0 Å². The molecule has 0 saturated heterocycles. The van der Waals surface area contributed by atoms with Crippen LogP contribution in [0.15, 0.2) is 48.5 Å². The summed E-state index contributed by atoms with van der Waals surface area (Å²) < 4.78 is 5.57. The second-order valence-corrected chi connectivity index (χ2v) is 6.75. The Hall–Kier alpha value is -3.35. The first-order valence-electron chi connectivity index (χ1n) is 9.62. The maximum atomic E-state index is 12.2. The van der Waals surface area contributed by atoms with Crippen LogP contribution in [0.25, 0.3) is 0 Å². The normalized spacial score (nSPS) is 11.3. The second kappa shape index (κ2) is 10.8. The van der Waals surface area contributed by atoms with Gasteiger partial charge in [-0.15, -0.1) is 0 Å². The third kappa shape index (κ3) is 7.29. The van der Waals surface area contributed by atoms with Crippen molar-refractivity contribution < 1.29 is 19.1 Å². The molecule has 0 aliphatic heterocycles. The number of unbranched alkanes of at least 4 members (excludes halogenated alkanes) is 1. The largest absolute Gasteiger partial charge is 0.481 e. The SMILES string of the molecule is CCCCC(=O)Nc1ccc(C(=O)NNC(=O)C(C)Oc2cccc(C)c2)cc1. The second-order valence-electron chi connectivity index (χ2n) is 6.75. The Morgan fingerprint density at radius 3 is 2.41 bits per heavy atom. The quantitative estimate of drug-likeness (QED) is 0.595. The summed E-state index contributed by atoms with van der Waals surface area (Å²) >= 11 is 0. The molecule has 1 unspecified atom stereocenters. The van der Waals surface area contributed by atoms with Gasteiger partial charge >= 0.3 is 0 Å². The van der Waals surface area contributed by atoms with Gasteiger partial charge in [-0.05, 0) is 62.2 Å². The van der Waals surface area contributed by atoms with Crippen molar-refractivity contribution in [1.29, 1.82) is 0 Å². The molecule has 7 heteroatoms. The molecular formula is C22H27N3O4. The Morgan fingerprint density at radius 1 is 1.03 bits per heavy atom. The van der Waals surface area contributed by atoms with Crippen molar-refractivity contribution in [1.82, 2.24) is 10.9 Å². The third-order valence-corrected chi connectivity index (χ3v) is 4.16. The number of amides is 3. The van der Waals surface area contributed by atoms with Crippen molar-refractivity contribution in [3.05, 3.63) is 59.7 Å². The van der Waals surface area contributed by atoms with E-state index in [-0.39, 0.29) is 5.91 Å². The van der Waals surface area contributed by atoms with Crippen LogP contribution in [0.3, 0.4) is 0 Å². The summed E-state index contributed by atoms with van der Waals surface area (Å²) in [6.07, 6.45) is 1.47. The van der Waals surface area contributed by atoms with Crippen LogP contribution < -0.4 is 20.9 Å². The monoisotopic (exact) mass is 397 g/mol. The predicted molar refractivity (Wildman–Crippen MR) is 111 cm³/mol. The van der Waals surface area contributed by atoms with Crippen molar-refractivity contribution in [3.63, 3.8) is 0 Å². The third-order valence-electron chi connectivity index (χ3n) is 4.16. The molecular weight excluding hydrogens is 370 g/mol. The molecule has 154 valence electrons. The molecule has 2 aromatic rings. The Labute approximate surface area is 170 Å². The molecule has 0 bridgehead atoms. The maximum absolute atomic E-state index is 12.2. The molecule has 3 amide bonds. The molecule has 2 rings (SSSR count). The number of carbonyl (C=O) groups excluding carboxylic acids is 3. The number of hydrogen-bond donors (Lipinski definition) is 3. The van der Waals surface area contributed by atoms with E-state index in [2.05, 4.69) is 16.2 Å². The number of hydrogen-bond acceptors (Lipinski definition) is 4. The maximum Gasteiger partial charge on any atom is 0.279 e. The number of benzene rings is 2. The predicted octanol–water partition coefficient (Wildman–Crippen LogP) is 3.35. The number of ether oxygens (including phenoxy) is 1. The number of carbonyl (C=O) groups is 3. The van der Waals surface area contributed by atoms with Crippen LogP contribution in [0.2, 0.25) is 0 Å². The van der Waals surface area contributed by atoms with Crippen molar-refractivity contribution in [2.24, 2.45) is 0 Å². The lowest BCUT2D eigenvalue weighted by Gasteiger charge is -2.15. The van der Waals surface area contributed by atoms with E-state index >= 15 is 0 Å². The number of aryl methyl sites for hydroxylation is 1. The van der Waals surface area contributed by atoms with Crippen LogP contribution in [0, 0.1) is 6.92 Å². The Balaban J connectivity index is 1.81. The lowest BCUT2D eigenvalue weighted by Crippen LogP contribution is -2.47. The Morgan fingerprint density at radius 2 is 1.76 bits per heavy atom. The lowest BCUT2D eigenvalue weighted by molar-refractivity contribution is -0.128. The van der Waals surface area contributed by atoms with Crippen molar-refractivity contribution in [2.75, 3.05) is 5.32 Å². The van der Waals surface area contributed by atoms with Gasteiger partial charge in [0.1, 0.15) is 5.75 Å². The number of rotatable bonds is 8. The fraction of sp³-hybridized carbons (Fsp3) is 0.318. The van der Waals surface area contributed by atoms with Crippen LogP contribution in [0.5, 0.6) is 5.75 Å². The minimum Gasteiger partial charge on any atom is -0.481 e. The molecule has 0 fully saturated rings. The van der Waals surface area contributed by atoms with Crippen molar-refractivity contribution >= 4 is 23.4 Å². The van der Waals surface area contributed by atoms with Gasteiger partial charge in [0.15, 0.2) is 6.10 Å². The highest BCUT2D eigenvalue weighted by molar-refractivity contribution is 5.97. The number of hydrazine groups is 1. The summed E-state index contributed by atoms with van der Waals surface area (Å²) in [6, 6.07) is 13.8. The summed E-state index contributed by atoms with van der Waals surface area (Å²) in [5, 5.41) is 2.78. The van der Waals surface area contributed by atoms with Gasteiger partial charge in [0.25, 0.3) is 11.8 Å². The Bertz CT molecular complexity index is 849. The highest BCUT2D eigenvalue weighted by Gasteiger charge is 2.16. The zero-order valence-corrected chi connectivity index (χ0v) is 17.0. The van der Waals surface area contributed by atoms with Gasteiger partial charge in [-0.2, -0.15) is 0 Å². The van der Waals surface area contributed by atoms with Gasteiger partial charge in [0.2, 0.25) is 5.91 Å². The van der Waals surface area contributed by atoms with E-state index in [0.29, 0.717) is 23.4 Å². The zero-order valence-electron chi connectivity index (χ0n) is 17.0. The molecule has 0 saturated carbocycles. The van der Waals surface area contributed by atoms with E-state index in [1.54, 1.807) is 37.3 Å². The van der Waals surface area contributed by atoms with Gasteiger partial charge in [-0.1, -0.05) is 25.5 Å². The summed E-state index contributed by atoms with van der Waals surface area (Å²) in [5.74, 6) is -0.418. The molecule has 1 atom stereocenters. The number of anilines is 1. The molecule has 0 aliphatic carbocycles. The molecule has 3 N–H and O–H groups in total. The molecule has 0 aromatic heterocycles. The minimum absolute atomic E-state index is 0.0566. The topological polar surface area (TPSA) is 96.5 Å². The lowest BCUT2D eigenvalue weighted by atomic mass is 10.2. The first-order valence-corrected chi connectivity index (χ1v) is 9.62. The van der Waals surface area contributed by atoms with Crippen molar-refractivity contribution in [2.45, 2.75) is 46.1 Å². The van der Waals surface area contributed by atoms with E-state index in [0.717, 1.165) is 18.4 Å². The van der Waals surface area contributed by atoms with E-state index < -0.39 is 17.9 Å². The molecule has 2 aromatic carbocycles. The van der Waals surface area contributed by atoms with E-state index in [1.165, 1.54) is 0 Å². The van der Waals surface area contributed by atoms with Crippen LogP contribution in [-0.2, 0) is 9.59 Å². The zero-order chi connectivity index (χ0) is 21.2. The fourth-order valence-corrected chi connectivity index (χ4v) is 2.50. The minimum atomic E-state index is -0.780. The molecule has 7 nitrogen and oxygen atoms in total. The standard InChI is InChI=1S/C22H27N3O4/c1-4-5-9-20(26)23-18-12-10-17(11-13-18)22(28)25-24-21(27)16(3)29-19-8-6-7-15(2)14-19/h6-8,10-14,16H,4-5,9H2,1-3H3,(H,23,26)(H,24,27)(H,25,28). The van der Waals surface area contributed by atoms with E-state index in [9.17, 15) is 14.4 Å². The summed E-state index contributed by atoms with van der Waals surface area (Å²) in [5.41, 5.74) is 6.70. The molecule has 0 spiro atoms. The van der Waals surface area contributed by atoms with Crippen LogP contribution in [-0.4, -0.2) is 23.8 Å². The number of nitrogens with one attached hydrogen (secondary N) is 3. The first-order chi connectivity index (χ1) is 13.9. The average molecular weight is 397 g/mol. The average Bonchev–Trinajstić information content (AvgIpc) is 2.70.